The molecule has 1 aromatic carbocycles. The van der Waals surface area contributed by atoms with Crippen molar-refractivity contribution in [2.45, 2.75) is 31.9 Å². The zero-order valence-corrected chi connectivity index (χ0v) is 16.5. The van der Waals surface area contributed by atoms with Crippen LogP contribution < -0.4 is 20.1 Å². The van der Waals surface area contributed by atoms with E-state index in [9.17, 15) is 9.59 Å². The van der Waals surface area contributed by atoms with Crippen molar-refractivity contribution >= 4 is 11.9 Å². The van der Waals surface area contributed by atoms with E-state index in [1.54, 1.807) is 39.0 Å². The van der Waals surface area contributed by atoms with E-state index in [0.29, 0.717) is 36.8 Å². The van der Waals surface area contributed by atoms with Crippen LogP contribution in [0.3, 0.4) is 0 Å². The molecule has 1 aliphatic heterocycles. The maximum Gasteiger partial charge on any atom is 0.407 e. The zero-order valence-electron chi connectivity index (χ0n) is 16.5. The molecule has 1 amide bonds. The average Bonchev–Trinajstić information content (AvgIpc) is 2.58. The summed E-state index contributed by atoms with van der Waals surface area (Å²) >= 11 is 0. The number of nitrogens with one attached hydrogen (secondary N) is 2. The van der Waals surface area contributed by atoms with Gasteiger partial charge >= 0.3 is 6.09 Å². The third kappa shape index (κ3) is 5.83. The van der Waals surface area contributed by atoms with E-state index < -0.39 is 17.2 Å². The molecule has 1 aromatic rings. The molecule has 0 aliphatic carbocycles. The predicted molar refractivity (Wildman–Crippen MR) is 99.7 cm³/mol. The van der Waals surface area contributed by atoms with Crippen molar-refractivity contribution in [2.24, 2.45) is 0 Å². The van der Waals surface area contributed by atoms with Gasteiger partial charge in [0.1, 0.15) is 17.1 Å². The van der Waals surface area contributed by atoms with Gasteiger partial charge in [-0.2, -0.15) is 0 Å². The number of hydrogen-bond acceptors (Lipinski definition) is 7. The number of alkyl carbamates (subject to hydrolysis) is 1. The predicted octanol–water partition coefficient (Wildman–Crippen LogP) is 1.77. The molecule has 0 saturated carbocycles. The summed E-state index contributed by atoms with van der Waals surface area (Å²) in [5.41, 5.74) is -0.641. The van der Waals surface area contributed by atoms with Crippen LogP contribution in [0.2, 0.25) is 0 Å². The highest BCUT2D eigenvalue weighted by Gasteiger charge is 2.39. The average molecular weight is 380 g/mol. The van der Waals surface area contributed by atoms with Crippen molar-refractivity contribution < 1.29 is 28.5 Å². The first kappa shape index (κ1) is 21.0. The van der Waals surface area contributed by atoms with Crippen molar-refractivity contribution in [3.8, 4) is 11.5 Å². The Morgan fingerprint density at radius 2 is 1.89 bits per heavy atom. The number of carbonyl (C=O) groups is 2. The fourth-order valence-electron chi connectivity index (χ4n) is 2.57. The lowest BCUT2D eigenvalue weighted by Gasteiger charge is -2.42. The van der Waals surface area contributed by atoms with Crippen LogP contribution >= 0.6 is 0 Å². The Bertz CT molecular complexity index is 679. The molecule has 27 heavy (non-hydrogen) atoms. The molecule has 0 radical (unpaired) electrons. The van der Waals surface area contributed by atoms with E-state index in [-0.39, 0.29) is 12.3 Å². The summed E-state index contributed by atoms with van der Waals surface area (Å²) in [5.74, 6) is 0.912. The maximum absolute atomic E-state index is 12.7. The summed E-state index contributed by atoms with van der Waals surface area (Å²) in [5, 5.41) is 5.92. The number of carbonyl (C=O) groups excluding carboxylic acids is 2. The van der Waals surface area contributed by atoms with Crippen LogP contribution in [0.1, 0.15) is 31.1 Å². The largest absolute Gasteiger partial charge is 0.497 e. The SMILES string of the molecule is COc1ccc(OC)c(C(=O)CNC2(CNC(=O)OC(C)(C)C)COC2)c1. The summed E-state index contributed by atoms with van der Waals surface area (Å²) in [4.78, 5) is 24.5. The zero-order chi connectivity index (χ0) is 20.1. The van der Waals surface area contributed by atoms with Crippen molar-refractivity contribution in [1.82, 2.24) is 10.6 Å². The van der Waals surface area contributed by atoms with Crippen molar-refractivity contribution in [3.05, 3.63) is 23.8 Å². The minimum absolute atomic E-state index is 0.0723. The molecular weight excluding hydrogens is 352 g/mol. The lowest BCUT2D eigenvalue weighted by molar-refractivity contribution is -0.0717. The quantitative estimate of drug-likeness (QED) is 0.664. The van der Waals surface area contributed by atoms with E-state index in [1.165, 1.54) is 14.2 Å². The first-order chi connectivity index (χ1) is 12.7. The van der Waals surface area contributed by atoms with Gasteiger partial charge in [-0.15, -0.1) is 0 Å². The fourth-order valence-corrected chi connectivity index (χ4v) is 2.57. The van der Waals surface area contributed by atoms with Crippen molar-refractivity contribution in [2.75, 3.05) is 40.5 Å². The summed E-state index contributed by atoms with van der Waals surface area (Å²) in [6.45, 7) is 6.55. The van der Waals surface area contributed by atoms with Gasteiger partial charge in [0.15, 0.2) is 5.78 Å². The molecule has 1 heterocycles. The van der Waals surface area contributed by atoms with Gasteiger partial charge in [0.2, 0.25) is 0 Å². The molecule has 0 spiro atoms. The highest BCUT2D eigenvalue weighted by molar-refractivity contribution is 6.00. The molecule has 0 unspecified atom stereocenters. The van der Waals surface area contributed by atoms with Crippen LogP contribution in [0.5, 0.6) is 11.5 Å². The van der Waals surface area contributed by atoms with Crippen LogP contribution in [0.4, 0.5) is 4.79 Å². The second kappa shape index (κ2) is 8.58. The van der Waals surface area contributed by atoms with Crippen molar-refractivity contribution in [1.29, 1.82) is 0 Å². The number of rotatable bonds is 8. The lowest BCUT2D eigenvalue weighted by Crippen LogP contribution is -2.66. The highest BCUT2D eigenvalue weighted by atomic mass is 16.6. The Kier molecular flexibility index (Phi) is 6.67. The Labute approximate surface area is 159 Å². The topological polar surface area (TPSA) is 95.1 Å². The molecule has 8 heteroatoms. The Morgan fingerprint density at radius 1 is 1.19 bits per heavy atom. The van der Waals surface area contributed by atoms with Crippen LogP contribution in [-0.4, -0.2) is 63.5 Å². The van der Waals surface area contributed by atoms with Gasteiger partial charge in [0.25, 0.3) is 0 Å². The number of Topliss-reactive ketones (excluding diaryl/α,β-unsaturated/α-hetero) is 1. The smallest absolute Gasteiger partial charge is 0.407 e. The van der Waals surface area contributed by atoms with Gasteiger partial charge in [0, 0.05) is 6.54 Å². The standard InChI is InChI=1S/C19H28N2O6/c1-18(2,3)27-17(23)20-10-19(11-26-12-19)21-9-15(22)14-8-13(24-4)6-7-16(14)25-5/h6-8,21H,9-12H2,1-5H3,(H,20,23). The lowest BCUT2D eigenvalue weighted by atomic mass is 9.96. The summed E-state index contributed by atoms with van der Waals surface area (Å²) < 4.78 is 21.0. The Morgan fingerprint density at radius 3 is 2.41 bits per heavy atom. The van der Waals surface area contributed by atoms with E-state index in [1.807, 2.05) is 0 Å². The second-order valence-corrected chi connectivity index (χ2v) is 7.47. The molecule has 2 N–H and O–H groups in total. The first-order valence-electron chi connectivity index (χ1n) is 8.73. The van der Waals surface area contributed by atoms with Gasteiger partial charge < -0.3 is 24.3 Å². The van der Waals surface area contributed by atoms with Crippen LogP contribution in [0.15, 0.2) is 18.2 Å². The molecule has 1 fully saturated rings. The molecule has 0 atom stereocenters. The van der Waals surface area contributed by atoms with Crippen molar-refractivity contribution in [3.63, 3.8) is 0 Å². The molecule has 0 aromatic heterocycles. The normalized spacial score (nSPS) is 15.4. The molecule has 1 aliphatic rings. The highest BCUT2D eigenvalue weighted by Crippen LogP contribution is 2.25. The maximum atomic E-state index is 12.7. The Balaban J connectivity index is 1.95. The fraction of sp³-hybridized carbons (Fsp3) is 0.579. The van der Waals surface area contributed by atoms with Gasteiger partial charge in [-0.05, 0) is 39.0 Å². The summed E-state index contributed by atoms with van der Waals surface area (Å²) in [6.07, 6.45) is -0.503. The molecular formula is C19H28N2O6. The van der Waals surface area contributed by atoms with Gasteiger partial charge in [-0.25, -0.2) is 4.79 Å². The number of amides is 1. The third-order valence-corrected chi connectivity index (χ3v) is 4.06. The van der Waals surface area contributed by atoms with Gasteiger partial charge in [-0.3, -0.25) is 10.1 Å². The molecule has 2 rings (SSSR count). The molecule has 1 saturated heterocycles. The molecule has 8 nitrogen and oxygen atoms in total. The van der Waals surface area contributed by atoms with Crippen LogP contribution in [-0.2, 0) is 9.47 Å². The van der Waals surface area contributed by atoms with E-state index in [0.717, 1.165) is 0 Å². The molecule has 150 valence electrons. The van der Waals surface area contributed by atoms with E-state index >= 15 is 0 Å². The third-order valence-electron chi connectivity index (χ3n) is 4.06. The minimum Gasteiger partial charge on any atom is -0.497 e. The van der Waals surface area contributed by atoms with Crippen LogP contribution in [0, 0.1) is 0 Å². The van der Waals surface area contributed by atoms with Gasteiger partial charge in [0.05, 0.1) is 45.1 Å². The number of methoxy groups -OCH3 is 2. The van der Waals surface area contributed by atoms with E-state index in [4.69, 9.17) is 18.9 Å². The van der Waals surface area contributed by atoms with Crippen LogP contribution in [0.25, 0.3) is 0 Å². The second-order valence-electron chi connectivity index (χ2n) is 7.47. The molecule has 0 bridgehead atoms. The minimum atomic E-state index is -0.570. The first-order valence-corrected chi connectivity index (χ1v) is 8.73. The monoisotopic (exact) mass is 380 g/mol. The van der Waals surface area contributed by atoms with E-state index in [2.05, 4.69) is 10.6 Å². The summed E-state index contributed by atoms with van der Waals surface area (Å²) in [7, 11) is 3.05. The number of ether oxygens (including phenoxy) is 4. The summed E-state index contributed by atoms with van der Waals surface area (Å²) in [6, 6.07) is 5.07. The number of ketones is 1. The number of benzene rings is 1. The number of hydrogen-bond donors (Lipinski definition) is 2. The van der Waals surface area contributed by atoms with Gasteiger partial charge in [-0.1, -0.05) is 0 Å². The Hall–Kier alpha value is -2.32.